The molecule has 3 nitrogen and oxygen atoms in total. The van der Waals surface area contributed by atoms with E-state index in [1.54, 1.807) is 0 Å². The average molecular weight is 286 g/mol. The zero-order valence-electron chi connectivity index (χ0n) is 7.58. The second kappa shape index (κ2) is 6.08. The van der Waals surface area contributed by atoms with Crippen LogP contribution < -0.4 is 5.14 Å². The number of rotatable bonds is 1. The average Bonchev–Trinajstić information content (AvgIpc) is 1.76. The molecule has 0 amide bonds. The molecule has 2 rings (SSSR count). The topological polar surface area (TPSA) is 60.2 Å². The van der Waals surface area contributed by atoms with Crippen molar-refractivity contribution in [3.8, 4) is 0 Å². The van der Waals surface area contributed by atoms with Gasteiger partial charge in [-0.3, -0.25) is 0 Å². The molecular weight excluding hydrogens is 266 g/mol. The van der Waals surface area contributed by atoms with Crippen LogP contribution >= 0.6 is 15.9 Å². The molecule has 2 N–H and O–H groups in total. The van der Waals surface area contributed by atoms with E-state index in [1.807, 2.05) is 0 Å². The molecule has 14 heavy (non-hydrogen) atoms. The smallest absolute Gasteiger partial charge is 0.211 e. The second-order valence-corrected chi connectivity index (χ2v) is 6.81. The van der Waals surface area contributed by atoms with Gasteiger partial charge >= 0.3 is 0 Å². The molecule has 0 aromatic carbocycles. The molecule has 2 saturated carbocycles. The van der Waals surface area contributed by atoms with E-state index in [-0.39, 0.29) is 12.7 Å². The van der Waals surface area contributed by atoms with Crippen molar-refractivity contribution in [2.75, 3.05) is 0 Å². The zero-order valence-corrected chi connectivity index (χ0v) is 9.98. The number of sulfonamides is 1. The molecule has 0 aromatic heterocycles. The van der Waals surface area contributed by atoms with E-state index in [1.165, 1.54) is 19.3 Å². The minimum Gasteiger partial charge on any atom is -0.228 e. The summed E-state index contributed by atoms with van der Waals surface area (Å²) in [4.78, 5) is 0.877. The van der Waals surface area contributed by atoms with E-state index in [9.17, 15) is 8.42 Å². The van der Waals surface area contributed by atoms with Crippen LogP contribution in [0, 0.1) is 0 Å². The lowest BCUT2D eigenvalue weighted by Gasteiger charge is -2.21. The Balaban J connectivity index is 0.000000246. The first kappa shape index (κ1) is 14.4. The van der Waals surface area contributed by atoms with Crippen LogP contribution in [0.4, 0.5) is 0 Å². The summed E-state index contributed by atoms with van der Waals surface area (Å²) in [5.74, 6) is 0. The molecule has 0 unspecified atom stereocenters. The summed E-state index contributed by atoms with van der Waals surface area (Å²) in [7, 11) is -3.17. The number of alkyl halides is 1. The van der Waals surface area contributed by atoms with Gasteiger partial charge in [-0.05, 0) is 25.7 Å². The number of hydrogen-bond donors (Lipinski definition) is 1. The van der Waals surface area contributed by atoms with Gasteiger partial charge in [-0.1, -0.05) is 36.2 Å². The first-order valence-electron chi connectivity index (χ1n) is 4.66. The predicted octanol–water partition coefficient (Wildman–Crippen LogP) is 2.40. The van der Waals surface area contributed by atoms with Gasteiger partial charge in [-0.2, -0.15) is 0 Å². The number of hydrogen-bond acceptors (Lipinski definition) is 2. The molecule has 2 fully saturated rings. The molecule has 0 heterocycles. The highest BCUT2D eigenvalue weighted by Gasteiger charge is 2.27. The lowest BCUT2D eigenvalue weighted by atomic mass is 10.0. The third kappa shape index (κ3) is 4.75. The van der Waals surface area contributed by atoms with E-state index in [0.717, 1.165) is 24.1 Å². The van der Waals surface area contributed by atoms with Crippen molar-refractivity contribution in [2.24, 2.45) is 5.14 Å². The minimum absolute atomic E-state index is 0. The number of halogens is 1. The Morgan fingerprint density at radius 3 is 1.43 bits per heavy atom. The Morgan fingerprint density at radius 2 is 1.43 bits per heavy atom. The number of nitrogens with two attached hydrogens (primary N) is 1. The van der Waals surface area contributed by atoms with Crippen LogP contribution in [-0.2, 0) is 10.0 Å². The molecule has 0 bridgehead atoms. The van der Waals surface area contributed by atoms with Gasteiger partial charge in [0.1, 0.15) is 0 Å². The summed E-state index contributed by atoms with van der Waals surface area (Å²) in [6, 6.07) is 0. The van der Waals surface area contributed by atoms with E-state index in [4.69, 9.17) is 5.14 Å². The molecule has 5 heteroatoms. The Hall–Kier alpha value is 0.390. The van der Waals surface area contributed by atoms with Crippen molar-refractivity contribution in [1.82, 2.24) is 0 Å². The van der Waals surface area contributed by atoms with Gasteiger partial charge in [0.2, 0.25) is 10.0 Å². The lowest BCUT2D eigenvalue weighted by Crippen LogP contribution is -2.33. The summed E-state index contributed by atoms with van der Waals surface area (Å²) in [6.45, 7) is 0. The Bertz CT molecular complexity index is 246. The van der Waals surface area contributed by atoms with Crippen molar-refractivity contribution < 1.29 is 8.42 Å². The highest BCUT2D eigenvalue weighted by molar-refractivity contribution is 9.09. The summed E-state index contributed by atoms with van der Waals surface area (Å²) in [6.07, 6.45) is 6.79. The van der Waals surface area contributed by atoms with Gasteiger partial charge in [-0.25, -0.2) is 13.6 Å². The van der Waals surface area contributed by atoms with Crippen molar-refractivity contribution in [2.45, 2.75) is 56.0 Å². The molecule has 0 radical (unpaired) electrons. The first-order chi connectivity index (χ1) is 6.00. The highest BCUT2D eigenvalue weighted by atomic mass is 79.9. The Kier molecular flexibility index (Phi) is 6.25. The molecule has 0 aliphatic heterocycles. The molecule has 2 aliphatic rings. The van der Waals surface area contributed by atoms with E-state index >= 15 is 0 Å². The molecule has 0 aromatic rings. The minimum atomic E-state index is -3.17. The van der Waals surface area contributed by atoms with Crippen molar-refractivity contribution in [3.05, 3.63) is 0 Å². The molecule has 86 valence electrons. The van der Waals surface area contributed by atoms with Crippen LogP contribution in [0.15, 0.2) is 0 Å². The van der Waals surface area contributed by atoms with Crippen molar-refractivity contribution in [1.29, 1.82) is 0 Å². The quantitative estimate of drug-likeness (QED) is 0.752. The standard InChI is InChI=1S/C4H7Br.C4H9NO2S.CH4/c5-4-2-1-3-4;5-8(6,7)4-2-1-3-4;/h4H,1-3H2;4H,1-3H2,(H2,5,6,7);1H4. The fraction of sp³-hybridized carbons (Fsp3) is 1.00. The highest BCUT2D eigenvalue weighted by Crippen LogP contribution is 2.25. The summed E-state index contributed by atoms with van der Waals surface area (Å²) < 4.78 is 20.8. The Labute approximate surface area is 95.6 Å². The van der Waals surface area contributed by atoms with Gasteiger partial charge in [-0.15, -0.1) is 0 Å². The maximum absolute atomic E-state index is 10.4. The molecule has 0 spiro atoms. The fourth-order valence-electron chi connectivity index (χ4n) is 1.06. The first-order valence-corrected chi connectivity index (χ1v) is 7.18. The van der Waals surface area contributed by atoms with E-state index in [2.05, 4.69) is 15.9 Å². The third-order valence-electron chi connectivity index (χ3n) is 2.55. The maximum atomic E-state index is 10.4. The van der Waals surface area contributed by atoms with Crippen LogP contribution in [0.3, 0.4) is 0 Å². The van der Waals surface area contributed by atoms with Gasteiger partial charge < -0.3 is 0 Å². The van der Waals surface area contributed by atoms with Crippen LogP contribution in [0.5, 0.6) is 0 Å². The predicted molar refractivity (Wildman–Crippen MR) is 64.0 cm³/mol. The van der Waals surface area contributed by atoms with Gasteiger partial charge in [0.25, 0.3) is 0 Å². The Morgan fingerprint density at radius 1 is 1.07 bits per heavy atom. The maximum Gasteiger partial charge on any atom is 0.211 e. The van der Waals surface area contributed by atoms with Crippen molar-refractivity contribution >= 4 is 26.0 Å². The van der Waals surface area contributed by atoms with Gasteiger partial charge in [0.05, 0.1) is 5.25 Å². The van der Waals surface area contributed by atoms with E-state index in [0.29, 0.717) is 0 Å². The largest absolute Gasteiger partial charge is 0.228 e. The van der Waals surface area contributed by atoms with Gasteiger partial charge in [0, 0.05) is 4.83 Å². The summed E-state index contributed by atoms with van der Waals surface area (Å²) in [5.41, 5.74) is 0. The molecular formula is C9H20BrNO2S. The van der Waals surface area contributed by atoms with Crippen LogP contribution in [-0.4, -0.2) is 18.5 Å². The van der Waals surface area contributed by atoms with Crippen LogP contribution in [0.1, 0.15) is 46.0 Å². The fourth-order valence-corrected chi connectivity index (χ4v) is 2.70. The summed E-state index contributed by atoms with van der Waals surface area (Å²) >= 11 is 3.46. The molecule has 0 saturated heterocycles. The molecule has 2 aliphatic carbocycles. The normalized spacial score (nSPS) is 22.1. The lowest BCUT2D eigenvalue weighted by molar-refractivity contribution is 0.477. The SMILES string of the molecule is BrC1CCC1.C.NS(=O)(=O)C1CCC1. The zero-order chi connectivity index (χ0) is 9.90. The van der Waals surface area contributed by atoms with Crippen LogP contribution in [0.25, 0.3) is 0 Å². The monoisotopic (exact) mass is 285 g/mol. The summed E-state index contributed by atoms with van der Waals surface area (Å²) in [5, 5.41) is 4.59. The van der Waals surface area contributed by atoms with Crippen molar-refractivity contribution in [3.63, 3.8) is 0 Å². The third-order valence-corrected chi connectivity index (χ3v) is 4.87. The second-order valence-electron chi connectivity index (χ2n) is 3.67. The molecule has 0 atom stereocenters. The van der Waals surface area contributed by atoms with E-state index < -0.39 is 10.0 Å². The van der Waals surface area contributed by atoms with Crippen LogP contribution in [0.2, 0.25) is 0 Å². The van der Waals surface area contributed by atoms with Gasteiger partial charge in [0.15, 0.2) is 0 Å². The number of primary sulfonamides is 1.